The lowest BCUT2D eigenvalue weighted by atomic mass is 10.3. The van der Waals surface area contributed by atoms with Crippen molar-refractivity contribution in [1.29, 1.82) is 0 Å². The lowest BCUT2D eigenvalue weighted by Crippen LogP contribution is -2.14. The fourth-order valence-corrected chi connectivity index (χ4v) is 0.672. The van der Waals surface area contributed by atoms with Crippen molar-refractivity contribution in [1.82, 2.24) is 9.97 Å². The molecule has 0 radical (unpaired) electrons. The number of carbonyl (C=O) groups excluding carboxylic acids is 2. The van der Waals surface area contributed by atoms with E-state index in [-0.39, 0.29) is 11.4 Å². The van der Waals surface area contributed by atoms with Crippen LogP contribution in [0.25, 0.3) is 0 Å². The number of carbonyl (C=O) groups is 2. The van der Waals surface area contributed by atoms with Crippen LogP contribution in [0, 0.1) is 0 Å². The van der Waals surface area contributed by atoms with Crippen LogP contribution in [0.15, 0.2) is 11.0 Å². The molecule has 1 amide bonds. The number of amides is 1. The second-order valence-electron chi connectivity index (χ2n) is 1.90. The van der Waals surface area contributed by atoms with E-state index in [9.17, 15) is 14.4 Å². The van der Waals surface area contributed by atoms with Gasteiger partial charge in [0.1, 0.15) is 5.82 Å². The van der Waals surface area contributed by atoms with Gasteiger partial charge in [0.25, 0.3) is 0 Å². The van der Waals surface area contributed by atoms with Gasteiger partial charge in [0.05, 0.1) is 5.56 Å². The zero-order chi connectivity index (χ0) is 8.97. The molecule has 62 valence electrons. The number of nitrogens with zero attached hydrogens (tertiary/aromatic N) is 1. The highest BCUT2D eigenvalue weighted by Gasteiger charge is 2.00. The smallest absolute Gasteiger partial charge is 0.314 e. The highest BCUT2D eigenvalue weighted by Crippen LogP contribution is 2.02. The summed E-state index contributed by atoms with van der Waals surface area (Å²) in [6, 6.07) is 0. The van der Waals surface area contributed by atoms with Crippen LogP contribution in [0.1, 0.15) is 10.4 Å². The summed E-state index contributed by atoms with van der Waals surface area (Å²) < 4.78 is 0. The molecule has 1 heterocycles. The van der Waals surface area contributed by atoms with Gasteiger partial charge in [0.2, 0.25) is 6.41 Å². The Morgan fingerprint density at radius 1 is 1.50 bits per heavy atom. The van der Waals surface area contributed by atoms with E-state index in [2.05, 4.69) is 15.3 Å². The summed E-state index contributed by atoms with van der Waals surface area (Å²) in [7, 11) is 0. The van der Waals surface area contributed by atoms with E-state index in [1.54, 1.807) is 0 Å². The van der Waals surface area contributed by atoms with Gasteiger partial charge in [-0.15, -0.1) is 0 Å². The second kappa shape index (κ2) is 3.42. The fourth-order valence-electron chi connectivity index (χ4n) is 0.672. The summed E-state index contributed by atoms with van der Waals surface area (Å²) in [5.41, 5.74) is -0.494. The molecule has 0 aliphatic heterocycles. The number of nitrogens with one attached hydrogen (secondary N) is 2. The number of hydrogen-bond donors (Lipinski definition) is 2. The minimum Gasteiger partial charge on any atom is -0.314 e. The van der Waals surface area contributed by atoms with Crippen LogP contribution in [-0.4, -0.2) is 22.7 Å². The molecule has 6 heteroatoms. The predicted molar refractivity (Wildman–Crippen MR) is 39.9 cm³/mol. The Kier molecular flexibility index (Phi) is 2.32. The number of aromatic amines is 1. The molecule has 0 aliphatic rings. The van der Waals surface area contributed by atoms with Crippen molar-refractivity contribution < 1.29 is 9.59 Å². The zero-order valence-corrected chi connectivity index (χ0v) is 5.90. The number of rotatable bonds is 3. The van der Waals surface area contributed by atoms with Gasteiger partial charge in [-0.1, -0.05) is 0 Å². The van der Waals surface area contributed by atoms with Crippen LogP contribution in [0.2, 0.25) is 0 Å². The molecule has 0 unspecified atom stereocenters. The fraction of sp³-hybridized carbons (Fsp3) is 0. The molecule has 0 saturated heterocycles. The molecule has 1 aromatic heterocycles. The third kappa shape index (κ3) is 1.54. The van der Waals surface area contributed by atoms with E-state index in [1.807, 2.05) is 0 Å². The second-order valence-corrected chi connectivity index (χ2v) is 1.90. The summed E-state index contributed by atoms with van der Waals surface area (Å²) in [4.78, 5) is 36.4. The minimum atomic E-state index is -0.620. The molecule has 0 fully saturated rings. The van der Waals surface area contributed by atoms with E-state index >= 15 is 0 Å². The third-order valence-electron chi connectivity index (χ3n) is 1.17. The van der Waals surface area contributed by atoms with Gasteiger partial charge in [0.15, 0.2) is 6.29 Å². The first kappa shape index (κ1) is 8.12. The average molecular weight is 167 g/mol. The molecule has 2 N–H and O–H groups in total. The average Bonchev–Trinajstić information content (AvgIpc) is 2.05. The van der Waals surface area contributed by atoms with Crippen molar-refractivity contribution in [2.45, 2.75) is 0 Å². The van der Waals surface area contributed by atoms with Gasteiger partial charge in [-0.25, -0.2) is 9.78 Å². The summed E-state index contributed by atoms with van der Waals surface area (Å²) in [5.74, 6) is 0.0556. The maximum atomic E-state index is 10.6. The first-order valence-corrected chi connectivity index (χ1v) is 3.02. The van der Waals surface area contributed by atoms with Gasteiger partial charge >= 0.3 is 5.69 Å². The predicted octanol–water partition coefficient (Wildman–Crippen LogP) is -0.849. The van der Waals surface area contributed by atoms with E-state index in [0.717, 1.165) is 6.20 Å². The van der Waals surface area contributed by atoms with Crippen LogP contribution >= 0.6 is 0 Å². The van der Waals surface area contributed by atoms with Gasteiger partial charge in [0, 0.05) is 6.20 Å². The van der Waals surface area contributed by atoms with E-state index in [4.69, 9.17) is 0 Å². The quantitative estimate of drug-likeness (QED) is 0.573. The standard InChI is InChI=1S/C6H5N3O3/c10-2-4-1-7-6(12)9-5(4)8-3-11/h1-3H,(H2,7,8,9,11,12). The lowest BCUT2D eigenvalue weighted by molar-refractivity contribution is -0.105. The van der Waals surface area contributed by atoms with Crippen LogP contribution in [-0.2, 0) is 4.79 Å². The number of H-pyrrole nitrogens is 1. The molecule has 1 rings (SSSR count). The molecule has 0 saturated carbocycles. The Hall–Kier alpha value is -1.98. The number of aromatic nitrogens is 2. The number of anilines is 1. The lowest BCUT2D eigenvalue weighted by Gasteiger charge is -1.98. The van der Waals surface area contributed by atoms with Crippen LogP contribution in [0.5, 0.6) is 0 Å². The Bertz CT molecular complexity index is 357. The molecule has 0 spiro atoms. The largest absolute Gasteiger partial charge is 0.346 e. The Labute approximate surface area is 66.6 Å². The van der Waals surface area contributed by atoms with Gasteiger partial charge < -0.3 is 5.32 Å². The molecule has 0 aromatic carbocycles. The molecule has 1 aromatic rings. The van der Waals surface area contributed by atoms with Crippen LogP contribution < -0.4 is 11.0 Å². The van der Waals surface area contributed by atoms with Crippen molar-refractivity contribution in [2.24, 2.45) is 0 Å². The molecule has 12 heavy (non-hydrogen) atoms. The summed E-state index contributed by atoms with van der Waals surface area (Å²) in [6.45, 7) is 0. The minimum absolute atomic E-state index is 0.0556. The SMILES string of the molecule is O=CNc1[nH]c(=O)ncc1C=O. The van der Waals surface area contributed by atoms with Gasteiger partial charge in [-0.05, 0) is 0 Å². The van der Waals surface area contributed by atoms with E-state index in [1.165, 1.54) is 0 Å². The van der Waals surface area contributed by atoms with Crippen molar-refractivity contribution in [3.8, 4) is 0 Å². The maximum Gasteiger partial charge on any atom is 0.346 e. The first-order valence-electron chi connectivity index (χ1n) is 3.02. The normalized spacial score (nSPS) is 9.00. The first-order chi connectivity index (χ1) is 5.77. The molecule has 0 aliphatic carbocycles. The monoisotopic (exact) mass is 167 g/mol. The highest BCUT2D eigenvalue weighted by atomic mass is 16.1. The van der Waals surface area contributed by atoms with Crippen molar-refractivity contribution in [3.63, 3.8) is 0 Å². The van der Waals surface area contributed by atoms with E-state index in [0.29, 0.717) is 12.7 Å². The molecular weight excluding hydrogens is 162 g/mol. The topological polar surface area (TPSA) is 91.9 Å². The van der Waals surface area contributed by atoms with E-state index < -0.39 is 5.69 Å². The van der Waals surface area contributed by atoms with Crippen LogP contribution in [0.4, 0.5) is 5.82 Å². The molecule has 6 nitrogen and oxygen atoms in total. The summed E-state index contributed by atoms with van der Waals surface area (Å²) in [6.07, 6.45) is 1.92. The molecule has 0 atom stereocenters. The Morgan fingerprint density at radius 2 is 2.25 bits per heavy atom. The molecule has 0 bridgehead atoms. The number of hydrogen-bond acceptors (Lipinski definition) is 4. The van der Waals surface area contributed by atoms with Crippen LogP contribution in [0.3, 0.4) is 0 Å². The van der Waals surface area contributed by atoms with Crippen molar-refractivity contribution in [2.75, 3.05) is 5.32 Å². The summed E-state index contributed by atoms with van der Waals surface area (Å²) in [5, 5.41) is 2.16. The Morgan fingerprint density at radius 3 is 2.83 bits per heavy atom. The van der Waals surface area contributed by atoms with Crippen molar-refractivity contribution >= 4 is 18.5 Å². The zero-order valence-electron chi connectivity index (χ0n) is 5.90. The highest BCUT2D eigenvalue weighted by molar-refractivity contribution is 5.85. The third-order valence-corrected chi connectivity index (χ3v) is 1.17. The summed E-state index contributed by atoms with van der Waals surface area (Å²) >= 11 is 0. The van der Waals surface area contributed by atoms with Gasteiger partial charge in [-0.2, -0.15) is 0 Å². The maximum absolute atomic E-state index is 10.6. The number of aldehydes is 1. The van der Waals surface area contributed by atoms with Crippen molar-refractivity contribution in [3.05, 3.63) is 22.2 Å². The molecular formula is C6H5N3O3. The Balaban J connectivity index is 3.20. The van der Waals surface area contributed by atoms with Gasteiger partial charge in [-0.3, -0.25) is 14.6 Å².